The zero-order valence-corrected chi connectivity index (χ0v) is 18.0. The number of ether oxygens (including phenoxy) is 1. The van der Waals surface area contributed by atoms with Gasteiger partial charge in [-0.15, -0.1) is 11.8 Å². The summed E-state index contributed by atoms with van der Waals surface area (Å²) in [7, 11) is -1.93. The van der Waals surface area contributed by atoms with Crippen LogP contribution in [0.25, 0.3) is 0 Å². The average molecular weight is 426 g/mol. The largest absolute Gasteiger partial charge is 0.496 e. The summed E-state index contributed by atoms with van der Waals surface area (Å²) in [5, 5.41) is -0.0578. The van der Waals surface area contributed by atoms with Crippen LogP contribution in [0.5, 0.6) is 5.75 Å². The van der Waals surface area contributed by atoms with Gasteiger partial charge in [-0.2, -0.15) is 4.31 Å². The summed E-state index contributed by atoms with van der Waals surface area (Å²) in [4.78, 5) is 1.43. The first-order valence-electron chi connectivity index (χ1n) is 9.43. The number of aryl methyl sites for hydroxylation is 1. The molecule has 0 fully saturated rings. The maximum absolute atomic E-state index is 13.3. The molecule has 4 nitrogen and oxygen atoms in total. The van der Waals surface area contributed by atoms with Gasteiger partial charge in [0.05, 0.1) is 17.3 Å². The van der Waals surface area contributed by atoms with Crippen molar-refractivity contribution in [3.05, 3.63) is 89.5 Å². The number of thioether (sulfide) groups is 1. The topological polar surface area (TPSA) is 46.6 Å². The van der Waals surface area contributed by atoms with E-state index in [1.165, 1.54) is 0 Å². The second kappa shape index (κ2) is 8.22. The number of fused-ring (bicyclic) bond motifs is 1. The summed E-state index contributed by atoms with van der Waals surface area (Å²) >= 11 is 1.67. The van der Waals surface area contributed by atoms with E-state index in [1.807, 2.05) is 67.6 Å². The Balaban J connectivity index is 1.74. The highest BCUT2D eigenvalue weighted by Crippen LogP contribution is 2.45. The van der Waals surface area contributed by atoms with Crippen LogP contribution in [-0.2, 0) is 16.6 Å². The van der Waals surface area contributed by atoms with Gasteiger partial charge in [-0.25, -0.2) is 8.42 Å². The van der Waals surface area contributed by atoms with Crippen molar-refractivity contribution in [1.82, 2.24) is 4.31 Å². The Morgan fingerprint density at radius 2 is 1.69 bits per heavy atom. The van der Waals surface area contributed by atoms with Crippen LogP contribution >= 0.6 is 11.8 Å². The lowest BCUT2D eigenvalue weighted by atomic mass is 9.99. The Morgan fingerprint density at radius 3 is 2.38 bits per heavy atom. The van der Waals surface area contributed by atoms with Crippen LogP contribution < -0.4 is 4.74 Å². The Kier molecular flexibility index (Phi) is 5.67. The molecular formula is C23H23NO3S2. The van der Waals surface area contributed by atoms with Gasteiger partial charge in [0.25, 0.3) is 0 Å². The fraction of sp³-hybridized carbons (Fsp3) is 0.217. The number of hydrogen-bond acceptors (Lipinski definition) is 4. The summed E-state index contributed by atoms with van der Waals surface area (Å²) in [5.74, 6) is 0.809. The van der Waals surface area contributed by atoms with Gasteiger partial charge in [-0.05, 0) is 42.8 Å². The number of rotatable bonds is 5. The predicted molar refractivity (Wildman–Crippen MR) is 117 cm³/mol. The smallest absolute Gasteiger partial charge is 0.243 e. The molecular weight excluding hydrogens is 402 g/mol. The molecule has 4 rings (SSSR count). The van der Waals surface area contributed by atoms with Crippen LogP contribution in [0.15, 0.2) is 82.6 Å². The van der Waals surface area contributed by atoms with Crippen LogP contribution in [-0.4, -0.2) is 26.4 Å². The first-order chi connectivity index (χ1) is 14.0. The van der Waals surface area contributed by atoms with Gasteiger partial charge in [0.1, 0.15) is 5.75 Å². The molecule has 1 aliphatic heterocycles. The lowest BCUT2D eigenvalue weighted by molar-refractivity contribution is 0.368. The van der Waals surface area contributed by atoms with E-state index < -0.39 is 10.0 Å². The van der Waals surface area contributed by atoms with Gasteiger partial charge in [-0.3, -0.25) is 0 Å². The maximum atomic E-state index is 13.3. The van der Waals surface area contributed by atoms with Crippen molar-refractivity contribution in [2.24, 2.45) is 0 Å². The first-order valence-corrected chi connectivity index (χ1v) is 11.8. The SMILES string of the molecule is COc1cccc2c1C(Sc1ccccc1)CN(S(=O)(=O)c1ccc(C)cc1)C2. The minimum atomic E-state index is -3.59. The fourth-order valence-electron chi connectivity index (χ4n) is 3.60. The summed E-state index contributed by atoms with van der Waals surface area (Å²) in [6.07, 6.45) is 0. The van der Waals surface area contributed by atoms with Crippen LogP contribution in [0.3, 0.4) is 0 Å². The number of sulfonamides is 1. The third-order valence-electron chi connectivity index (χ3n) is 5.09. The van der Waals surface area contributed by atoms with E-state index in [2.05, 4.69) is 0 Å². The second-order valence-electron chi connectivity index (χ2n) is 7.06. The highest BCUT2D eigenvalue weighted by molar-refractivity contribution is 7.99. The molecule has 0 saturated heterocycles. The zero-order chi connectivity index (χ0) is 20.4. The number of nitrogens with zero attached hydrogens (tertiary/aromatic N) is 1. The number of benzene rings is 3. The average Bonchev–Trinajstić information content (AvgIpc) is 2.74. The van der Waals surface area contributed by atoms with Crippen LogP contribution in [0.4, 0.5) is 0 Å². The lowest BCUT2D eigenvalue weighted by Gasteiger charge is -2.34. The molecule has 3 aromatic rings. The number of hydrogen-bond donors (Lipinski definition) is 0. The Bertz CT molecular complexity index is 1100. The van der Waals surface area contributed by atoms with Crippen molar-refractivity contribution in [3.8, 4) is 5.75 Å². The Morgan fingerprint density at radius 1 is 0.966 bits per heavy atom. The van der Waals surface area contributed by atoms with Crippen LogP contribution in [0, 0.1) is 6.92 Å². The van der Waals surface area contributed by atoms with E-state index in [4.69, 9.17) is 4.74 Å². The highest BCUT2D eigenvalue weighted by Gasteiger charge is 2.35. The molecule has 0 N–H and O–H groups in total. The molecule has 29 heavy (non-hydrogen) atoms. The summed E-state index contributed by atoms with van der Waals surface area (Å²) in [6.45, 7) is 2.68. The van der Waals surface area contributed by atoms with E-state index in [-0.39, 0.29) is 5.25 Å². The molecule has 1 atom stereocenters. The van der Waals surface area contributed by atoms with Gasteiger partial charge < -0.3 is 4.74 Å². The molecule has 0 aliphatic carbocycles. The third-order valence-corrected chi connectivity index (χ3v) is 8.13. The molecule has 0 spiro atoms. The monoisotopic (exact) mass is 425 g/mol. The van der Waals surface area contributed by atoms with E-state index >= 15 is 0 Å². The van der Waals surface area contributed by atoms with Gasteiger partial charge >= 0.3 is 0 Å². The maximum Gasteiger partial charge on any atom is 0.243 e. The second-order valence-corrected chi connectivity index (χ2v) is 10.3. The predicted octanol–water partition coefficient (Wildman–Crippen LogP) is 5.04. The minimum Gasteiger partial charge on any atom is -0.496 e. The molecule has 1 unspecified atom stereocenters. The van der Waals surface area contributed by atoms with Crippen LogP contribution in [0.1, 0.15) is 21.9 Å². The highest BCUT2D eigenvalue weighted by atomic mass is 32.2. The van der Waals surface area contributed by atoms with Crippen molar-refractivity contribution in [2.75, 3.05) is 13.7 Å². The molecule has 0 radical (unpaired) electrons. The fourth-order valence-corrected chi connectivity index (χ4v) is 6.41. The van der Waals surface area contributed by atoms with E-state index in [1.54, 1.807) is 35.3 Å². The Hall–Kier alpha value is -2.28. The molecule has 1 aliphatic rings. The lowest BCUT2D eigenvalue weighted by Crippen LogP contribution is -2.37. The molecule has 0 aromatic heterocycles. The van der Waals surface area contributed by atoms with Gasteiger partial charge in [0.15, 0.2) is 0 Å². The van der Waals surface area contributed by atoms with Crippen molar-refractivity contribution in [1.29, 1.82) is 0 Å². The number of methoxy groups -OCH3 is 1. The molecule has 0 amide bonds. The van der Waals surface area contributed by atoms with E-state index in [0.29, 0.717) is 18.0 Å². The van der Waals surface area contributed by atoms with E-state index in [0.717, 1.165) is 27.3 Å². The normalized spacial score (nSPS) is 17.0. The summed E-state index contributed by atoms with van der Waals surface area (Å²) in [5.41, 5.74) is 3.11. The van der Waals surface area contributed by atoms with Gasteiger partial charge in [-0.1, -0.05) is 48.0 Å². The van der Waals surface area contributed by atoms with Gasteiger partial charge in [0, 0.05) is 23.5 Å². The molecule has 0 saturated carbocycles. The minimum absolute atomic E-state index is 0.0578. The molecule has 0 bridgehead atoms. The van der Waals surface area contributed by atoms with Gasteiger partial charge in [0.2, 0.25) is 10.0 Å². The summed E-state index contributed by atoms with van der Waals surface area (Å²) in [6, 6.07) is 23.0. The third kappa shape index (κ3) is 4.06. The molecule has 150 valence electrons. The van der Waals surface area contributed by atoms with Crippen molar-refractivity contribution < 1.29 is 13.2 Å². The van der Waals surface area contributed by atoms with Crippen molar-refractivity contribution in [2.45, 2.75) is 28.5 Å². The zero-order valence-electron chi connectivity index (χ0n) is 16.4. The molecule has 6 heteroatoms. The Labute approximate surface area is 176 Å². The summed E-state index contributed by atoms with van der Waals surface area (Å²) < 4.78 is 33.9. The van der Waals surface area contributed by atoms with E-state index in [9.17, 15) is 8.42 Å². The molecule has 3 aromatic carbocycles. The van der Waals surface area contributed by atoms with Crippen molar-refractivity contribution in [3.63, 3.8) is 0 Å². The quantitative estimate of drug-likeness (QED) is 0.574. The van der Waals surface area contributed by atoms with Crippen LogP contribution in [0.2, 0.25) is 0 Å². The molecule has 1 heterocycles. The first kappa shape index (κ1) is 20.0. The van der Waals surface area contributed by atoms with Crippen molar-refractivity contribution >= 4 is 21.8 Å². The standard InChI is InChI=1S/C23H23NO3S2/c1-17-11-13-20(14-12-17)29(25,26)24-15-18-7-6-10-21(27-2)23(18)22(16-24)28-19-8-4-3-5-9-19/h3-14,22H,15-16H2,1-2H3.